The van der Waals surface area contributed by atoms with Gasteiger partial charge in [-0.1, -0.05) is 5.92 Å². The van der Waals surface area contributed by atoms with Crippen molar-refractivity contribution in [2.24, 2.45) is 0 Å². The van der Waals surface area contributed by atoms with Crippen LogP contribution in [0.15, 0.2) is 6.07 Å². The number of hydrogen-bond donors (Lipinski definition) is 2. The van der Waals surface area contributed by atoms with Gasteiger partial charge in [0, 0.05) is 11.1 Å². The molecule has 0 unspecified atom stereocenters. The van der Waals surface area contributed by atoms with E-state index in [2.05, 4.69) is 5.92 Å². The molecular weight excluding hydrogens is 168 g/mol. The van der Waals surface area contributed by atoms with Crippen molar-refractivity contribution in [3.8, 4) is 23.8 Å². The molecule has 66 valence electrons. The zero-order chi connectivity index (χ0) is 10.0. The number of aldehydes is 1. The first-order valence-electron chi connectivity index (χ1n) is 3.59. The number of carbonyl (C=O) groups is 1. The number of hydrogen-bond acceptors (Lipinski definition) is 3. The average Bonchev–Trinajstić information content (AvgIpc) is 2.13. The van der Waals surface area contributed by atoms with Gasteiger partial charge >= 0.3 is 0 Å². The summed E-state index contributed by atoms with van der Waals surface area (Å²) in [6, 6.07) is 1.28. The Labute approximate surface area is 75.6 Å². The van der Waals surface area contributed by atoms with Crippen LogP contribution in [0, 0.1) is 19.3 Å². The third kappa shape index (κ3) is 1.34. The second-order valence-corrected chi connectivity index (χ2v) is 2.59. The van der Waals surface area contributed by atoms with E-state index in [4.69, 9.17) is 6.42 Å². The lowest BCUT2D eigenvalue weighted by atomic mass is 10.0. The molecule has 0 atom stereocenters. The van der Waals surface area contributed by atoms with Crippen molar-refractivity contribution in [3.63, 3.8) is 0 Å². The van der Waals surface area contributed by atoms with Crippen molar-refractivity contribution in [2.45, 2.75) is 6.92 Å². The van der Waals surface area contributed by atoms with Gasteiger partial charge < -0.3 is 10.2 Å². The molecule has 0 aliphatic heterocycles. The Morgan fingerprint density at radius 2 is 2.15 bits per heavy atom. The monoisotopic (exact) mass is 176 g/mol. The SMILES string of the molecule is C#Cc1cc(O)c(C)c(O)c1C=O. The Balaban J connectivity index is 3.60. The maximum absolute atomic E-state index is 10.5. The fourth-order valence-electron chi connectivity index (χ4n) is 1.01. The van der Waals surface area contributed by atoms with Gasteiger partial charge in [0.05, 0.1) is 5.56 Å². The molecule has 1 aromatic carbocycles. The number of aromatic hydroxyl groups is 2. The molecule has 0 aromatic heterocycles. The Hall–Kier alpha value is -1.95. The molecule has 0 bridgehead atoms. The molecule has 0 saturated heterocycles. The van der Waals surface area contributed by atoms with Crippen LogP contribution in [0.4, 0.5) is 0 Å². The zero-order valence-electron chi connectivity index (χ0n) is 7.03. The molecule has 2 N–H and O–H groups in total. The van der Waals surface area contributed by atoms with Crippen molar-refractivity contribution in [1.82, 2.24) is 0 Å². The first-order chi connectivity index (χ1) is 6.11. The van der Waals surface area contributed by atoms with E-state index in [1.54, 1.807) is 0 Å². The number of phenols is 2. The van der Waals surface area contributed by atoms with Gasteiger partial charge in [-0.2, -0.15) is 0 Å². The highest BCUT2D eigenvalue weighted by molar-refractivity contribution is 5.85. The summed E-state index contributed by atoms with van der Waals surface area (Å²) in [5.74, 6) is 1.83. The molecule has 1 rings (SSSR count). The van der Waals surface area contributed by atoms with Crippen molar-refractivity contribution in [2.75, 3.05) is 0 Å². The lowest BCUT2D eigenvalue weighted by Crippen LogP contribution is -1.91. The molecular formula is C10H8O3. The first kappa shape index (κ1) is 9.14. The molecule has 0 fully saturated rings. The van der Waals surface area contributed by atoms with Crippen LogP contribution in [-0.4, -0.2) is 16.5 Å². The van der Waals surface area contributed by atoms with Crippen LogP contribution in [0.3, 0.4) is 0 Å². The highest BCUT2D eigenvalue weighted by Crippen LogP contribution is 2.31. The van der Waals surface area contributed by atoms with E-state index in [-0.39, 0.29) is 28.2 Å². The molecule has 0 saturated carbocycles. The Morgan fingerprint density at radius 1 is 1.54 bits per heavy atom. The number of benzene rings is 1. The van der Waals surface area contributed by atoms with Crippen molar-refractivity contribution < 1.29 is 15.0 Å². The van der Waals surface area contributed by atoms with E-state index in [0.29, 0.717) is 6.29 Å². The topological polar surface area (TPSA) is 57.5 Å². The highest BCUT2D eigenvalue weighted by atomic mass is 16.3. The molecule has 0 spiro atoms. The Bertz CT molecular complexity index is 400. The number of rotatable bonds is 1. The maximum atomic E-state index is 10.5. The molecule has 0 radical (unpaired) electrons. The summed E-state index contributed by atoms with van der Waals surface area (Å²) in [7, 11) is 0. The summed E-state index contributed by atoms with van der Waals surface area (Å²) >= 11 is 0. The Morgan fingerprint density at radius 3 is 2.62 bits per heavy atom. The van der Waals surface area contributed by atoms with Crippen LogP contribution in [-0.2, 0) is 0 Å². The van der Waals surface area contributed by atoms with Gasteiger partial charge in [0.15, 0.2) is 6.29 Å². The fourth-order valence-corrected chi connectivity index (χ4v) is 1.01. The number of phenolic OH excluding ortho intramolecular Hbond substituents is 2. The zero-order valence-corrected chi connectivity index (χ0v) is 7.03. The van der Waals surface area contributed by atoms with E-state index < -0.39 is 0 Å². The Kier molecular flexibility index (Phi) is 2.25. The maximum Gasteiger partial charge on any atom is 0.155 e. The van der Waals surface area contributed by atoms with E-state index >= 15 is 0 Å². The average molecular weight is 176 g/mol. The number of carbonyl (C=O) groups excluding carboxylic acids is 1. The normalized spacial score (nSPS) is 9.23. The van der Waals surface area contributed by atoms with Crippen LogP contribution in [0.2, 0.25) is 0 Å². The van der Waals surface area contributed by atoms with Crippen molar-refractivity contribution >= 4 is 6.29 Å². The van der Waals surface area contributed by atoms with Gasteiger partial charge in [0.25, 0.3) is 0 Å². The minimum atomic E-state index is -0.261. The minimum absolute atomic E-state index is 0.0396. The summed E-state index contributed by atoms with van der Waals surface area (Å²) in [5.41, 5.74) is 0.481. The lowest BCUT2D eigenvalue weighted by Gasteiger charge is -2.06. The first-order valence-corrected chi connectivity index (χ1v) is 3.59. The molecule has 0 heterocycles. The quantitative estimate of drug-likeness (QED) is 0.499. The summed E-state index contributed by atoms with van der Waals surface area (Å²) in [6.07, 6.45) is 5.55. The van der Waals surface area contributed by atoms with Gasteiger partial charge in [0.2, 0.25) is 0 Å². The van der Waals surface area contributed by atoms with Crippen molar-refractivity contribution in [3.05, 3.63) is 22.8 Å². The molecule has 3 heteroatoms. The summed E-state index contributed by atoms with van der Waals surface area (Å²) in [6.45, 7) is 1.50. The predicted molar refractivity (Wildman–Crippen MR) is 47.8 cm³/mol. The van der Waals surface area contributed by atoms with Gasteiger partial charge in [-0.05, 0) is 13.0 Å². The molecule has 0 aliphatic rings. The van der Waals surface area contributed by atoms with Gasteiger partial charge in [-0.25, -0.2) is 0 Å². The summed E-state index contributed by atoms with van der Waals surface area (Å²) < 4.78 is 0. The lowest BCUT2D eigenvalue weighted by molar-refractivity contribution is 0.112. The van der Waals surface area contributed by atoms with Gasteiger partial charge in [-0.3, -0.25) is 4.79 Å². The molecule has 0 amide bonds. The smallest absolute Gasteiger partial charge is 0.155 e. The summed E-state index contributed by atoms with van der Waals surface area (Å²) in [5, 5.41) is 18.7. The molecule has 3 nitrogen and oxygen atoms in total. The summed E-state index contributed by atoms with van der Waals surface area (Å²) in [4.78, 5) is 10.5. The third-order valence-corrected chi connectivity index (χ3v) is 1.84. The molecule has 13 heavy (non-hydrogen) atoms. The third-order valence-electron chi connectivity index (χ3n) is 1.84. The van der Waals surface area contributed by atoms with E-state index in [0.717, 1.165) is 0 Å². The predicted octanol–water partition coefficient (Wildman–Crippen LogP) is 1.20. The van der Waals surface area contributed by atoms with E-state index in [1.807, 2.05) is 0 Å². The van der Waals surface area contributed by atoms with Crippen LogP contribution in [0.5, 0.6) is 11.5 Å². The second kappa shape index (κ2) is 3.20. The standard InChI is InChI=1S/C10H8O3/c1-3-7-4-9(12)6(2)10(13)8(7)5-11/h1,4-5,12-13H,2H3. The van der Waals surface area contributed by atoms with E-state index in [9.17, 15) is 15.0 Å². The minimum Gasteiger partial charge on any atom is -0.507 e. The molecule has 1 aromatic rings. The van der Waals surface area contributed by atoms with Gasteiger partial charge in [-0.15, -0.1) is 6.42 Å². The van der Waals surface area contributed by atoms with Crippen LogP contribution < -0.4 is 0 Å². The van der Waals surface area contributed by atoms with E-state index in [1.165, 1.54) is 13.0 Å². The highest BCUT2D eigenvalue weighted by Gasteiger charge is 2.12. The molecule has 0 aliphatic carbocycles. The second-order valence-electron chi connectivity index (χ2n) is 2.59. The van der Waals surface area contributed by atoms with Crippen LogP contribution in [0.1, 0.15) is 21.5 Å². The van der Waals surface area contributed by atoms with Crippen LogP contribution >= 0.6 is 0 Å². The van der Waals surface area contributed by atoms with Crippen LogP contribution in [0.25, 0.3) is 0 Å². The van der Waals surface area contributed by atoms with Gasteiger partial charge in [0.1, 0.15) is 11.5 Å². The largest absolute Gasteiger partial charge is 0.507 e. The number of terminal acetylenes is 1. The van der Waals surface area contributed by atoms with Crippen molar-refractivity contribution in [1.29, 1.82) is 0 Å². The fraction of sp³-hybridized carbons (Fsp3) is 0.100.